The Balaban J connectivity index is 2.50. The van der Waals surface area contributed by atoms with Crippen LogP contribution in [0.4, 0.5) is 0 Å². The molecule has 1 heterocycles. The molecule has 1 aromatic heterocycles. The van der Waals surface area contributed by atoms with Crippen LogP contribution in [0.1, 0.15) is 15.9 Å². The van der Waals surface area contributed by atoms with Gasteiger partial charge in [-0.3, -0.25) is 0 Å². The van der Waals surface area contributed by atoms with E-state index in [1.807, 2.05) is 0 Å². The highest BCUT2D eigenvalue weighted by molar-refractivity contribution is 7.89. The van der Waals surface area contributed by atoms with Gasteiger partial charge in [-0.1, -0.05) is 46.6 Å². The first-order valence-corrected chi connectivity index (χ1v) is 9.72. The molecule has 10 heteroatoms. The van der Waals surface area contributed by atoms with E-state index in [2.05, 4.69) is 5.16 Å². The summed E-state index contributed by atoms with van der Waals surface area (Å²) in [5, 5.41) is 18.3. The zero-order valence-corrected chi connectivity index (χ0v) is 16.1. The van der Waals surface area contributed by atoms with Gasteiger partial charge in [0, 0.05) is 22.3 Å². The fourth-order valence-corrected chi connectivity index (χ4v) is 3.98. The van der Waals surface area contributed by atoms with Crippen LogP contribution < -0.4 is 5.14 Å². The van der Waals surface area contributed by atoms with E-state index >= 15 is 0 Å². The molecule has 0 amide bonds. The molecule has 0 atom stereocenters. The van der Waals surface area contributed by atoms with Crippen LogP contribution in [-0.4, -0.2) is 24.7 Å². The molecule has 0 unspecified atom stereocenters. The first kappa shape index (κ1) is 19.4. The number of hydrogen-bond acceptors (Lipinski definition) is 5. The van der Waals surface area contributed by atoms with E-state index < -0.39 is 16.0 Å². The first-order valence-electron chi connectivity index (χ1n) is 7.41. The van der Waals surface area contributed by atoms with Crippen LogP contribution in [0.5, 0.6) is 0 Å². The number of aromatic nitrogens is 1. The molecule has 0 aliphatic rings. The molecule has 0 saturated carbocycles. The van der Waals surface area contributed by atoms with E-state index in [1.54, 1.807) is 13.0 Å². The molecule has 2 aromatic carbocycles. The molecule has 0 radical (unpaired) electrons. The van der Waals surface area contributed by atoms with Crippen LogP contribution in [0.3, 0.4) is 0 Å². The Morgan fingerprint density at radius 2 is 1.85 bits per heavy atom. The minimum Gasteiger partial charge on any atom is -0.478 e. The maximum absolute atomic E-state index is 12.0. The minimum absolute atomic E-state index is 0.134. The van der Waals surface area contributed by atoms with Gasteiger partial charge in [-0.25, -0.2) is 18.4 Å². The highest BCUT2D eigenvalue weighted by Gasteiger charge is 2.26. The van der Waals surface area contributed by atoms with E-state index in [4.69, 9.17) is 32.9 Å². The van der Waals surface area contributed by atoms with E-state index in [0.717, 1.165) is 0 Å². The largest absolute Gasteiger partial charge is 0.478 e. The average Bonchev–Trinajstić information content (AvgIpc) is 3.02. The van der Waals surface area contributed by atoms with Gasteiger partial charge < -0.3 is 9.63 Å². The number of nitrogens with two attached hydrogens (primary N) is 1. The summed E-state index contributed by atoms with van der Waals surface area (Å²) in [6.45, 7) is 1.70. The van der Waals surface area contributed by atoms with Crippen LogP contribution in [0.25, 0.3) is 22.4 Å². The Bertz CT molecular complexity index is 1170. The lowest BCUT2D eigenvalue weighted by atomic mass is 9.94. The van der Waals surface area contributed by atoms with Gasteiger partial charge in [0.05, 0.1) is 20.5 Å². The fourth-order valence-electron chi connectivity index (χ4n) is 2.70. The standard InChI is InChI=1S/C17H12Cl2N2O5S/c1-8-7-26-21-16(8)10-6-11(17(22)23)14(18)15(19)13(10)9-4-2-3-5-12(9)27(20,24)25/h2-7H,1H3,(H,22,23)(H2,20,24,25). The second-order valence-electron chi connectivity index (χ2n) is 5.67. The molecule has 0 aliphatic heterocycles. The molecule has 0 fully saturated rings. The number of primary sulfonamides is 1. The summed E-state index contributed by atoms with van der Waals surface area (Å²) in [6.07, 6.45) is 1.37. The normalized spacial score (nSPS) is 11.6. The molecule has 3 N–H and O–H groups in total. The number of halogens is 2. The Kier molecular flexibility index (Phi) is 5.00. The summed E-state index contributed by atoms with van der Waals surface area (Å²) in [7, 11) is -4.10. The van der Waals surface area contributed by atoms with Crippen molar-refractivity contribution >= 4 is 39.2 Å². The van der Waals surface area contributed by atoms with E-state index in [-0.39, 0.29) is 37.2 Å². The van der Waals surface area contributed by atoms with Gasteiger partial charge in [0.1, 0.15) is 12.0 Å². The zero-order chi connectivity index (χ0) is 19.9. The third-order valence-corrected chi connectivity index (χ3v) is 5.74. The van der Waals surface area contributed by atoms with Crippen LogP contribution in [-0.2, 0) is 10.0 Å². The molecule has 140 valence electrons. The Morgan fingerprint density at radius 1 is 1.19 bits per heavy atom. The predicted molar refractivity (Wildman–Crippen MR) is 100 cm³/mol. The number of carboxylic acid groups (broad SMARTS) is 1. The van der Waals surface area contributed by atoms with Crippen molar-refractivity contribution in [3.8, 4) is 22.4 Å². The monoisotopic (exact) mass is 426 g/mol. The van der Waals surface area contributed by atoms with Crippen molar-refractivity contribution in [1.29, 1.82) is 0 Å². The summed E-state index contributed by atoms with van der Waals surface area (Å²) in [4.78, 5) is 11.4. The maximum Gasteiger partial charge on any atom is 0.337 e. The fraction of sp³-hybridized carbons (Fsp3) is 0.0588. The Hall–Kier alpha value is -2.39. The molecular weight excluding hydrogens is 415 g/mol. The summed E-state index contributed by atoms with van der Waals surface area (Å²) >= 11 is 12.5. The van der Waals surface area contributed by atoms with Crippen molar-refractivity contribution in [2.75, 3.05) is 0 Å². The molecule has 7 nitrogen and oxygen atoms in total. The van der Waals surface area contributed by atoms with Gasteiger partial charge in [-0.05, 0) is 19.1 Å². The number of carbonyl (C=O) groups is 1. The number of nitrogens with zero attached hydrogens (tertiary/aromatic N) is 1. The molecule has 3 aromatic rings. The highest BCUT2D eigenvalue weighted by atomic mass is 35.5. The molecule has 3 rings (SSSR count). The minimum atomic E-state index is -4.10. The summed E-state index contributed by atoms with van der Waals surface area (Å²) in [6, 6.07) is 7.19. The molecule has 0 aliphatic carbocycles. The molecule has 27 heavy (non-hydrogen) atoms. The van der Waals surface area contributed by atoms with Crippen LogP contribution in [0.15, 0.2) is 46.0 Å². The molecule has 0 bridgehead atoms. The van der Waals surface area contributed by atoms with Gasteiger partial charge in [0.25, 0.3) is 0 Å². The quantitative estimate of drug-likeness (QED) is 0.650. The van der Waals surface area contributed by atoms with Gasteiger partial charge in [0.15, 0.2) is 0 Å². The highest BCUT2D eigenvalue weighted by Crippen LogP contribution is 2.45. The number of rotatable bonds is 4. The van der Waals surface area contributed by atoms with Crippen molar-refractivity contribution in [2.45, 2.75) is 11.8 Å². The number of carboxylic acids is 1. The topological polar surface area (TPSA) is 123 Å². The Morgan fingerprint density at radius 3 is 2.41 bits per heavy atom. The molecular formula is C17H12Cl2N2O5S. The van der Waals surface area contributed by atoms with Crippen molar-refractivity contribution in [2.24, 2.45) is 5.14 Å². The Labute approximate surface area is 164 Å². The number of sulfonamides is 1. The van der Waals surface area contributed by atoms with Gasteiger partial charge in [-0.2, -0.15) is 0 Å². The second kappa shape index (κ2) is 6.97. The zero-order valence-electron chi connectivity index (χ0n) is 13.7. The second-order valence-corrected chi connectivity index (χ2v) is 7.95. The SMILES string of the molecule is Cc1conc1-c1cc(C(=O)O)c(Cl)c(Cl)c1-c1ccccc1S(N)(=O)=O. The maximum atomic E-state index is 12.0. The third-order valence-electron chi connectivity index (χ3n) is 3.90. The van der Waals surface area contributed by atoms with Crippen LogP contribution in [0, 0.1) is 6.92 Å². The number of benzene rings is 2. The first-order chi connectivity index (χ1) is 12.6. The summed E-state index contributed by atoms with van der Waals surface area (Å²) < 4.78 is 29.0. The summed E-state index contributed by atoms with van der Waals surface area (Å²) in [5.41, 5.74) is 1.25. The van der Waals surface area contributed by atoms with Crippen LogP contribution >= 0.6 is 23.2 Å². The van der Waals surface area contributed by atoms with Gasteiger partial charge in [-0.15, -0.1) is 0 Å². The summed E-state index contributed by atoms with van der Waals surface area (Å²) in [5.74, 6) is -1.30. The predicted octanol–water partition coefficient (Wildman–Crippen LogP) is 3.97. The average molecular weight is 427 g/mol. The number of hydrogen-bond donors (Lipinski definition) is 2. The number of aryl methyl sites for hydroxylation is 1. The van der Waals surface area contributed by atoms with Crippen molar-refractivity contribution in [3.63, 3.8) is 0 Å². The number of aromatic carboxylic acids is 1. The third kappa shape index (κ3) is 3.44. The van der Waals surface area contributed by atoms with Gasteiger partial charge in [0.2, 0.25) is 10.0 Å². The lowest BCUT2D eigenvalue weighted by molar-refractivity contribution is 0.0697. The lowest BCUT2D eigenvalue weighted by Gasteiger charge is -2.16. The van der Waals surface area contributed by atoms with Crippen molar-refractivity contribution < 1.29 is 22.8 Å². The van der Waals surface area contributed by atoms with E-state index in [1.165, 1.54) is 30.5 Å². The van der Waals surface area contributed by atoms with Crippen molar-refractivity contribution in [1.82, 2.24) is 5.16 Å². The van der Waals surface area contributed by atoms with E-state index in [0.29, 0.717) is 11.3 Å². The van der Waals surface area contributed by atoms with Gasteiger partial charge >= 0.3 is 5.97 Å². The smallest absolute Gasteiger partial charge is 0.337 e. The molecule has 0 saturated heterocycles. The van der Waals surface area contributed by atoms with Crippen molar-refractivity contribution in [3.05, 3.63) is 57.8 Å². The van der Waals surface area contributed by atoms with E-state index in [9.17, 15) is 18.3 Å². The lowest BCUT2D eigenvalue weighted by Crippen LogP contribution is -2.13. The van der Waals surface area contributed by atoms with Crippen LogP contribution in [0.2, 0.25) is 10.0 Å². The molecule has 0 spiro atoms.